The van der Waals surface area contributed by atoms with Crippen molar-refractivity contribution in [3.8, 4) is 0 Å². The van der Waals surface area contributed by atoms with E-state index < -0.39 is 5.54 Å². The van der Waals surface area contributed by atoms with Crippen LogP contribution in [0.2, 0.25) is 0 Å². The summed E-state index contributed by atoms with van der Waals surface area (Å²) in [6, 6.07) is 5.46. The van der Waals surface area contributed by atoms with Gasteiger partial charge >= 0.3 is 0 Å². The fourth-order valence-corrected chi connectivity index (χ4v) is 3.01. The lowest BCUT2D eigenvalue weighted by Crippen LogP contribution is -2.39. The summed E-state index contributed by atoms with van der Waals surface area (Å²) in [6.45, 7) is 1.84. The van der Waals surface area contributed by atoms with Crippen molar-refractivity contribution in [3.63, 3.8) is 0 Å². The number of aryl methyl sites for hydroxylation is 1. The molecule has 6 N–H and O–H groups in total. The van der Waals surface area contributed by atoms with Gasteiger partial charge in [-0.1, -0.05) is 12.1 Å². The van der Waals surface area contributed by atoms with Crippen LogP contribution in [-0.4, -0.2) is 43.8 Å². The minimum Gasteiger partial charge on any atom is -0.398 e. The quantitative estimate of drug-likeness (QED) is 0.345. The summed E-state index contributed by atoms with van der Waals surface area (Å²) in [5.41, 5.74) is 9.24. The van der Waals surface area contributed by atoms with E-state index in [1.54, 1.807) is 18.3 Å². The molecular formula is C19H20N6O2. The van der Waals surface area contributed by atoms with E-state index in [4.69, 9.17) is 11.1 Å². The van der Waals surface area contributed by atoms with Gasteiger partial charge in [-0.05, 0) is 31.4 Å². The van der Waals surface area contributed by atoms with Crippen LogP contribution in [0.4, 0.5) is 5.69 Å². The summed E-state index contributed by atoms with van der Waals surface area (Å²) in [4.78, 5) is 24.3. The Morgan fingerprint density at radius 3 is 2.85 bits per heavy atom. The maximum absolute atomic E-state index is 12.6. The molecule has 0 radical (unpaired) electrons. The van der Waals surface area contributed by atoms with Crippen molar-refractivity contribution in [2.24, 2.45) is 0 Å². The average molecular weight is 364 g/mol. The van der Waals surface area contributed by atoms with E-state index in [1.807, 2.05) is 13.0 Å². The van der Waals surface area contributed by atoms with Gasteiger partial charge in [0.25, 0.3) is 5.91 Å². The second-order valence-corrected chi connectivity index (χ2v) is 7.01. The van der Waals surface area contributed by atoms with Gasteiger partial charge in [-0.2, -0.15) is 0 Å². The van der Waals surface area contributed by atoms with Crippen molar-refractivity contribution in [1.82, 2.24) is 20.3 Å². The SMILES string of the molecule is Cc1ccc(C(=N)c2cnc3[nH]cc(C(=O)NC4(CO)CC4)c3n2)c(N)c1. The molecule has 1 fully saturated rings. The van der Waals surface area contributed by atoms with Gasteiger partial charge in [0.1, 0.15) is 11.2 Å². The molecule has 3 aromatic rings. The molecule has 1 aliphatic carbocycles. The van der Waals surface area contributed by atoms with Crippen molar-refractivity contribution in [3.05, 3.63) is 53.0 Å². The number of H-pyrrole nitrogens is 1. The molecule has 2 heterocycles. The minimum absolute atomic E-state index is 0.0879. The summed E-state index contributed by atoms with van der Waals surface area (Å²) >= 11 is 0. The monoisotopic (exact) mass is 364 g/mol. The Balaban J connectivity index is 1.69. The molecule has 8 heteroatoms. The Bertz CT molecular complexity index is 1070. The predicted octanol–water partition coefficient (Wildman–Crippen LogP) is 1.52. The summed E-state index contributed by atoms with van der Waals surface area (Å²) in [7, 11) is 0. The van der Waals surface area contributed by atoms with Crippen LogP contribution in [-0.2, 0) is 0 Å². The largest absolute Gasteiger partial charge is 0.398 e. The molecule has 2 aromatic heterocycles. The first-order valence-corrected chi connectivity index (χ1v) is 8.65. The molecular weight excluding hydrogens is 344 g/mol. The number of aromatic amines is 1. The fourth-order valence-electron chi connectivity index (χ4n) is 3.01. The standard InChI is InChI=1S/C19H20N6O2/c1-10-2-3-11(13(20)6-10)15(21)14-8-23-17-16(24-14)12(7-22-17)18(27)25-19(9-26)4-5-19/h2-3,6-8,21,26H,4-5,9,20H2,1H3,(H,22,23)(H,25,27). The number of nitrogens with zero attached hydrogens (tertiary/aromatic N) is 2. The highest BCUT2D eigenvalue weighted by Crippen LogP contribution is 2.35. The number of carbonyl (C=O) groups is 1. The molecule has 8 nitrogen and oxygen atoms in total. The average Bonchev–Trinajstić information content (AvgIpc) is 3.29. The third kappa shape index (κ3) is 3.04. The lowest BCUT2D eigenvalue weighted by Gasteiger charge is -2.13. The van der Waals surface area contributed by atoms with Crippen molar-refractivity contribution in [2.45, 2.75) is 25.3 Å². The van der Waals surface area contributed by atoms with Gasteiger partial charge in [0.05, 0.1) is 29.6 Å². The van der Waals surface area contributed by atoms with Crippen LogP contribution in [0.1, 0.15) is 40.0 Å². The summed E-state index contributed by atoms with van der Waals surface area (Å²) in [5, 5.41) is 20.7. The first kappa shape index (κ1) is 17.2. The van der Waals surface area contributed by atoms with Gasteiger partial charge in [0.15, 0.2) is 5.65 Å². The van der Waals surface area contributed by atoms with Crippen LogP contribution >= 0.6 is 0 Å². The number of aliphatic hydroxyl groups is 1. The Kier molecular flexibility index (Phi) is 3.92. The van der Waals surface area contributed by atoms with E-state index in [0.717, 1.165) is 18.4 Å². The fraction of sp³-hybridized carbons (Fsp3) is 0.263. The lowest BCUT2D eigenvalue weighted by molar-refractivity contribution is 0.0908. The third-order valence-corrected chi connectivity index (χ3v) is 4.89. The van der Waals surface area contributed by atoms with E-state index in [0.29, 0.717) is 33.7 Å². The molecule has 138 valence electrons. The van der Waals surface area contributed by atoms with Gasteiger partial charge in [0, 0.05) is 17.4 Å². The molecule has 0 atom stereocenters. The van der Waals surface area contributed by atoms with E-state index in [2.05, 4.69) is 20.3 Å². The van der Waals surface area contributed by atoms with Crippen LogP contribution in [0.15, 0.2) is 30.6 Å². The highest BCUT2D eigenvalue weighted by atomic mass is 16.3. The first-order chi connectivity index (χ1) is 12.9. The molecule has 0 aliphatic heterocycles. The maximum Gasteiger partial charge on any atom is 0.255 e. The van der Waals surface area contributed by atoms with Gasteiger partial charge in [-0.15, -0.1) is 0 Å². The van der Waals surface area contributed by atoms with Gasteiger partial charge in [-0.3, -0.25) is 10.2 Å². The number of anilines is 1. The lowest BCUT2D eigenvalue weighted by atomic mass is 10.0. The Morgan fingerprint density at radius 1 is 1.41 bits per heavy atom. The number of hydrogen-bond donors (Lipinski definition) is 5. The van der Waals surface area contributed by atoms with Crippen LogP contribution in [0.25, 0.3) is 11.2 Å². The minimum atomic E-state index is -0.519. The molecule has 1 aliphatic rings. The zero-order chi connectivity index (χ0) is 19.2. The smallest absolute Gasteiger partial charge is 0.255 e. The topological polar surface area (TPSA) is 141 Å². The second-order valence-electron chi connectivity index (χ2n) is 7.01. The molecule has 0 unspecified atom stereocenters. The number of rotatable bonds is 5. The number of hydrogen-bond acceptors (Lipinski definition) is 6. The molecule has 0 bridgehead atoms. The van der Waals surface area contributed by atoms with Gasteiger partial charge < -0.3 is 21.1 Å². The Morgan fingerprint density at radius 2 is 2.19 bits per heavy atom. The van der Waals surface area contributed by atoms with Crippen LogP contribution < -0.4 is 11.1 Å². The molecule has 0 saturated heterocycles. The van der Waals surface area contributed by atoms with Crippen molar-refractivity contribution >= 4 is 28.5 Å². The summed E-state index contributed by atoms with van der Waals surface area (Å²) < 4.78 is 0. The van der Waals surface area contributed by atoms with Crippen LogP contribution in [0, 0.1) is 12.3 Å². The maximum atomic E-state index is 12.6. The van der Waals surface area contributed by atoms with Crippen molar-refractivity contribution in [2.75, 3.05) is 12.3 Å². The normalized spacial score (nSPS) is 14.9. The molecule has 1 saturated carbocycles. The van der Waals surface area contributed by atoms with E-state index >= 15 is 0 Å². The number of carbonyl (C=O) groups excluding carboxylic acids is 1. The summed E-state index contributed by atoms with van der Waals surface area (Å²) in [5.74, 6) is -0.319. The number of fused-ring (bicyclic) bond motifs is 1. The second kappa shape index (κ2) is 6.17. The van der Waals surface area contributed by atoms with Crippen LogP contribution in [0.3, 0.4) is 0 Å². The summed E-state index contributed by atoms with van der Waals surface area (Å²) in [6.07, 6.45) is 4.54. The third-order valence-electron chi connectivity index (χ3n) is 4.89. The van der Waals surface area contributed by atoms with Crippen molar-refractivity contribution in [1.29, 1.82) is 5.41 Å². The molecule has 27 heavy (non-hydrogen) atoms. The van der Waals surface area contributed by atoms with Gasteiger partial charge in [0.2, 0.25) is 0 Å². The number of aromatic nitrogens is 3. The zero-order valence-electron chi connectivity index (χ0n) is 14.8. The highest BCUT2D eigenvalue weighted by molar-refractivity contribution is 6.13. The molecule has 1 amide bonds. The predicted molar refractivity (Wildman–Crippen MR) is 102 cm³/mol. The van der Waals surface area contributed by atoms with Crippen molar-refractivity contribution < 1.29 is 9.90 Å². The number of amides is 1. The van der Waals surface area contributed by atoms with E-state index in [1.165, 1.54) is 6.20 Å². The number of nitrogens with two attached hydrogens (primary N) is 1. The van der Waals surface area contributed by atoms with E-state index in [-0.39, 0.29) is 18.2 Å². The Labute approximate surface area is 155 Å². The van der Waals surface area contributed by atoms with E-state index in [9.17, 15) is 9.90 Å². The number of aliphatic hydroxyl groups excluding tert-OH is 1. The van der Waals surface area contributed by atoms with Gasteiger partial charge in [-0.25, -0.2) is 9.97 Å². The number of nitrogens with one attached hydrogen (secondary N) is 3. The first-order valence-electron chi connectivity index (χ1n) is 8.65. The number of nitrogen functional groups attached to an aromatic ring is 1. The molecule has 0 spiro atoms. The van der Waals surface area contributed by atoms with Crippen LogP contribution in [0.5, 0.6) is 0 Å². The molecule has 4 rings (SSSR count). The Hall–Kier alpha value is -3.26. The molecule has 1 aromatic carbocycles. The number of benzene rings is 1. The zero-order valence-corrected chi connectivity index (χ0v) is 14.8. The highest BCUT2D eigenvalue weighted by Gasteiger charge is 2.43.